The monoisotopic (exact) mass is 290 g/mol. The minimum Gasteiger partial charge on any atom is -0.317 e. The Morgan fingerprint density at radius 3 is 2.55 bits per heavy atom. The largest absolute Gasteiger partial charge is 0.317 e. The van der Waals surface area contributed by atoms with E-state index in [1.807, 2.05) is 20.8 Å². The summed E-state index contributed by atoms with van der Waals surface area (Å²) < 4.78 is 15.0. The van der Waals surface area contributed by atoms with E-state index in [4.69, 9.17) is 0 Å². The molecule has 104 valence electrons. The normalized spacial score (nSPS) is 11.4. The molecule has 0 unspecified atom stereocenters. The number of hydrogen-bond acceptors (Lipinski definition) is 3. The highest BCUT2D eigenvalue weighted by molar-refractivity contribution is 7.23. The lowest BCUT2D eigenvalue weighted by Gasteiger charge is -2.21. The fourth-order valence-electron chi connectivity index (χ4n) is 2.25. The Labute approximate surface area is 121 Å². The van der Waals surface area contributed by atoms with Crippen LogP contribution in [0.5, 0.6) is 0 Å². The first-order chi connectivity index (χ1) is 9.25. The summed E-state index contributed by atoms with van der Waals surface area (Å²) in [5, 5.41) is 13.1. The van der Waals surface area contributed by atoms with E-state index in [9.17, 15) is 14.4 Å². The van der Waals surface area contributed by atoms with Gasteiger partial charge in [0.15, 0.2) is 0 Å². The minimum absolute atomic E-state index is 0.245. The molecule has 0 saturated heterocycles. The van der Waals surface area contributed by atoms with E-state index >= 15 is 0 Å². The second-order valence-corrected chi connectivity index (χ2v) is 6.70. The van der Waals surface area contributed by atoms with Crippen LogP contribution in [0.25, 0.3) is 10.1 Å². The van der Waals surface area contributed by atoms with Crippen molar-refractivity contribution in [2.75, 3.05) is 5.32 Å². The van der Waals surface area contributed by atoms with Crippen LogP contribution in [0.3, 0.4) is 0 Å². The Balaban J connectivity index is 2.87. The molecule has 1 aromatic heterocycles. The summed E-state index contributed by atoms with van der Waals surface area (Å²) in [5.74, 6) is -0.570. The highest BCUT2D eigenvalue weighted by Crippen LogP contribution is 2.42. The molecule has 0 bridgehead atoms. The van der Waals surface area contributed by atoms with E-state index in [0.29, 0.717) is 21.5 Å². The zero-order valence-electron chi connectivity index (χ0n) is 11.8. The van der Waals surface area contributed by atoms with Crippen molar-refractivity contribution in [1.29, 1.82) is 5.26 Å². The summed E-state index contributed by atoms with van der Waals surface area (Å²) in [7, 11) is 0. The van der Waals surface area contributed by atoms with Gasteiger partial charge in [0.05, 0.1) is 5.56 Å². The third kappa shape index (κ3) is 2.39. The molecule has 0 fully saturated rings. The highest BCUT2D eigenvalue weighted by Gasteiger charge is 2.26. The average Bonchev–Trinajstić information content (AvgIpc) is 2.63. The fraction of sp³-hybridized carbons (Fsp3) is 0.333. The number of benzene rings is 1. The van der Waals surface area contributed by atoms with Crippen molar-refractivity contribution >= 4 is 32.3 Å². The predicted molar refractivity (Wildman–Crippen MR) is 79.5 cm³/mol. The van der Waals surface area contributed by atoms with E-state index in [-0.39, 0.29) is 11.7 Å². The Morgan fingerprint density at radius 1 is 1.40 bits per heavy atom. The lowest BCUT2D eigenvalue weighted by Crippen LogP contribution is -2.14. The van der Waals surface area contributed by atoms with Crippen LogP contribution < -0.4 is 5.32 Å². The predicted octanol–water partition coefficient (Wildman–Crippen LogP) is 4.17. The molecule has 1 aromatic carbocycles. The van der Waals surface area contributed by atoms with Gasteiger partial charge in [0.1, 0.15) is 16.9 Å². The number of nitrogens with one attached hydrogen (secondary N) is 1. The first kappa shape index (κ1) is 14.5. The molecule has 2 rings (SSSR count). The maximum atomic E-state index is 14.2. The maximum Gasteiger partial charge on any atom is 0.221 e. The van der Waals surface area contributed by atoms with Gasteiger partial charge in [-0.15, -0.1) is 11.3 Å². The first-order valence-corrected chi connectivity index (χ1v) is 7.00. The maximum absolute atomic E-state index is 14.2. The molecular weight excluding hydrogens is 275 g/mol. The molecule has 1 amide bonds. The lowest BCUT2D eigenvalue weighted by molar-refractivity contribution is -0.114. The standard InChI is InChI=1S/C15H15FN2OS/c1-8(19)18-14-9(7-17)12-11(20-14)6-5-10(16)13(12)15(2,3)4/h5-6H,1-4H3,(H,18,19). The van der Waals surface area contributed by atoms with Crippen molar-refractivity contribution in [1.82, 2.24) is 0 Å². The number of fused-ring (bicyclic) bond motifs is 1. The van der Waals surface area contributed by atoms with E-state index in [0.717, 1.165) is 4.70 Å². The van der Waals surface area contributed by atoms with Crippen LogP contribution in [0.4, 0.5) is 9.39 Å². The number of hydrogen-bond donors (Lipinski definition) is 1. The van der Waals surface area contributed by atoms with Gasteiger partial charge in [-0.1, -0.05) is 20.8 Å². The smallest absolute Gasteiger partial charge is 0.221 e. The van der Waals surface area contributed by atoms with Crippen LogP contribution >= 0.6 is 11.3 Å². The summed E-state index contributed by atoms with van der Waals surface area (Å²) >= 11 is 1.29. The molecule has 20 heavy (non-hydrogen) atoms. The van der Waals surface area contributed by atoms with Crippen LogP contribution in [0.15, 0.2) is 12.1 Å². The first-order valence-electron chi connectivity index (χ1n) is 6.19. The Kier molecular flexibility index (Phi) is 3.53. The van der Waals surface area contributed by atoms with Gasteiger partial charge in [-0.2, -0.15) is 5.26 Å². The summed E-state index contributed by atoms with van der Waals surface area (Å²) in [5.41, 5.74) is 0.424. The second kappa shape index (κ2) is 4.88. The molecule has 5 heteroatoms. The molecule has 0 spiro atoms. The SMILES string of the molecule is CC(=O)Nc1sc2ccc(F)c(C(C)(C)C)c2c1C#N. The van der Waals surface area contributed by atoms with Gasteiger partial charge >= 0.3 is 0 Å². The Bertz CT molecular complexity index is 735. The van der Waals surface area contributed by atoms with Gasteiger partial charge in [0.25, 0.3) is 0 Å². The van der Waals surface area contributed by atoms with Crippen LogP contribution in [0.1, 0.15) is 38.8 Å². The van der Waals surface area contributed by atoms with Gasteiger partial charge in [-0.05, 0) is 17.5 Å². The second-order valence-electron chi connectivity index (χ2n) is 5.64. The fourth-order valence-corrected chi connectivity index (χ4v) is 3.36. The Morgan fingerprint density at radius 2 is 2.05 bits per heavy atom. The molecule has 0 aliphatic carbocycles. The number of amides is 1. The molecule has 1 heterocycles. The number of carbonyl (C=O) groups is 1. The average molecular weight is 290 g/mol. The number of rotatable bonds is 1. The third-order valence-electron chi connectivity index (χ3n) is 2.96. The van der Waals surface area contributed by atoms with Crippen molar-refractivity contribution in [3.8, 4) is 6.07 Å². The van der Waals surface area contributed by atoms with Gasteiger partial charge in [0, 0.05) is 22.6 Å². The molecule has 1 N–H and O–H groups in total. The molecule has 3 nitrogen and oxygen atoms in total. The Hall–Kier alpha value is -1.93. The van der Waals surface area contributed by atoms with Crippen LogP contribution in [-0.4, -0.2) is 5.91 Å². The summed E-state index contributed by atoms with van der Waals surface area (Å²) in [6.45, 7) is 7.10. The van der Waals surface area contributed by atoms with Crippen molar-refractivity contribution in [3.05, 3.63) is 29.1 Å². The molecule has 0 aliphatic heterocycles. The molecular formula is C15H15FN2OS. The van der Waals surface area contributed by atoms with Gasteiger partial charge in [-0.25, -0.2) is 4.39 Å². The summed E-state index contributed by atoms with van der Waals surface area (Å²) in [6, 6.07) is 5.16. The van der Waals surface area contributed by atoms with E-state index in [2.05, 4.69) is 11.4 Å². The van der Waals surface area contributed by atoms with Gasteiger partial charge in [-0.3, -0.25) is 4.79 Å². The van der Waals surface area contributed by atoms with Crippen molar-refractivity contribution < 1.29 is 9.18 Å². The van der Waals surface area contributed by atoms with E-state index in [1.54, 1.807) is 6.07 Å². The summed E-state index contributed by atoms with van der Waals surface area (Å²) in [6.07, 6.45) is 0. The molecule has 0 saturated carbocycles. The van der Waals surface area contributed by atoms with E-state index in [1.165, 1.54) is 24.3 Å². The van der Waals surface area contributed by atoms with Crippen LogP contribution in [-0.2, 0) is 10.2 Å². The number of anilines is 1. The molecule has 2 aromatic rings. The van der Waals surface area contributed by atoms with Crippen LogP contribution in [0, 0.1) is 17.1 Å². The van der Waals surface area contributed by atoms with Crippen molar-refractivity contribution in [2.45, 2.75) is 33.1 Å². The number of halogens is 1. The highest BCUT2D eigenvalue weighted by atomic mass is 32.1. The zero-order chi connectivity index (χ0) is 15.1. The van der Waals surface area contributed by atoms with Crippen LogP contribution in [0.2, 0.25) is 0 Å². The minimum atomic E-state index is -0.427. The number of nitriles is 1. The third-order valence-corrected chi connectivity index (χ3v) is 4.03. The lowest BCUT2D eigenvalue weighted by atomic mass is 9.83. The van der Waals surface area contributed by atoms with Gasteiger partial charge < -0.3 is 5.32 Å². The zero-order valence-corrected chi connectivity index (χ0v) is 12.6. The molecule has 0 radical (unpaired) electrons. The quantitative estimate of drug-likeness (QED) is 0.857. The van der Waals surface area contributed by atoms with E-state index < -0.39 is 5.41 Å². The summed E-state index contributed by atoms with van der Waals surface area (Å²) in [4.78, 5) is 11.2. The molecule has 0 atom stereocenters. The molecule has 0 aliphatic rings. The topological polar surface area (TPSA) is 52.9 Å². The number of nitrogens with zero attached hydrogens (tertiary/aromatic N) is 1. The van der Waals surface area contributed by atoms with Crippen molar-refractivity contribution in [2.24, 2.45) is 0 Å². The van der Waals surface area contributed by atoms with Gasteiger partial charge in [0.2, 0.25) is 5.91 Å². The van der Waals surface area contributed by atoms with Crippen molar-refractivity contribution in [3.63, 3.8) is 0 Å². The number of carbonyl (C=O) groups excluding carboxylic acids is 1. The number of thiophene rings is 1.